The lowest BCUT2D eigenvalue weighted by Crippen LogP contribution is -2.10. The largest absolute Gasteiger partial charge is 0.466 e. The Morgan fingerprint density at radius 3 is 3.00 bits per heavy atom. The topological polar surface area (TPSA) is 52.1 Å². The van der Waals surface area contributed by atoms with Crippen LogP contribution < -0.4 is 0 Å². The molecule has 0 aliphatic heterocycles. The lowest BCUT2D eigenvalue weighted by molar-refractivity contribution is -0.142. The highest BCUT2D eigenvalue weighted by Crippen LogP contribution is 2.22. The number of rotatable bonds is 5. The van der Waals surface area contributed by atoms with Crippen LogP contribution in [0.1, 0.15) is 20.3 Å². The third-order valence-electron chi connectivity index (χ3n) is 1.62. The zero-order valence-electron chi connectivity index (χ0n) is 8.84. The summed E-state index contributed by atoms with van der Waals surface area (Å²) in [5.74, 6) is -0.165. The van der Waals surface area contributed by atoms with E-state index in [0.29, 0.717) is 13.0 Å². The van der Waals surface area contributed by atoms with Gasteiger partial charge in [0.1, 0.15) is 5.03 Å². The molecular weight excluding hydrogens is 212 g/mol. The Balaban J connectivity index is 2.36. The number of hydrogen-bond donors (Lipinski definition) is 0. The third kappa shape index (κ3) is 4.78. The molecule has 5 heteroatoms. The highest BCUT2D eigenvalue weighted by Gasteiger charge is 2.11. The van der Waals surface area contributed by atoms with Gasteiger partial charge in [0.2, 0.25) is 0 Å². The summed E-state index contributed by atoms with van der Waals surface area (Å²) in [5.41, 5.74) is 0. The van der Waals surface area contributed by atoms with E-state index in [4.69, 9.17) is 4.74 Å². The number of carbonyl (C=O) groups excluding carboxylic acids is 1. The Labute approximate surface area is 93.5 Å². The first kappa shape index (κ1) is 12.0. The smallest absolute Gasteiger partial charge is 0.306 e. The fourth-order valence-electron chi connectivity index (χ4n) is 1.05. The van der Waals surface area contributed by atoms with Crippen LogP contribution in [-0.4, -0.2) is 27.8 Å². The fourth-order valence-corrected chi connectivity index (χ4v) is 1.92. The molecule has 1 unspecified atom stereocenters. The van der Waals surface area contributed by atoms with Crippen LogP contribution in [0, 0.1) is 0 Å². The number of aromatic nitrogens is 2. The van der Waals surface area contributed by atoms with Gasteiger partial charge < -0.3 is 4.74 Å². The maximum absolute atomic E-state index is 11.2. The van der Waals surface area contributed by atoms with E-state index in [2.05, 4.69) is 9.97 Å². The Hall–Kier alpha value is -1.10. The average Bonchev–Trinajstić information content (AvgIpc) is 2.19. The van der Waals surface area contributed by atoms with Gasteiger partial charge in [-0.15, -0.1) is 11.8 Å². The van der Waals surface area contributed by atoms with E-state index in [1.165, 1.54) is 11.8 Å². The Morgan fingerprint density at radius 2 is 2.40 bits per heavy atom. The molecule has 0 aliphatic rings. The summed E-state index contributed by atoms with van der Waals surface area (Å²) < 4.78 is 4.86. The molecule has 0 bridgehead atoms. The zero-order valence-corrected chi connectivity index (χ0v) is 9.66. The summed E-state index contributed by atoms with van der Waals surface area (Å²) in [4.78, 5) is 19.2. The van der Waals surface area contributed by atoms with Crippen LogP contribution in [0.5, 0.6) is 0 Å². The minimum atomic E-state index is -0.165. The molecule has 1 aromatic rings. The van der Waals surface area contributed by atoms with Gasteiger partial charge in [-0.3, -0.25) is 9.78 Å². The van der Waals surface area contributed by atoms with Gasteiger partial charge in [0, 0.05) is 17.6 Å². The third-order valence-corrected chi connectivity index (χ3v) is 2.64. The molecule has 4 nitrogen and oxygen atoms in total. The predicted molar refractivity (Wildman–Crippen MR) is 58.6 cm³/mol. The van der Waals surface area contributed by atoms with E-state index in [1.54, 1.807) is 25.5 Å². The van der Waals surface area contributed by atoms with Crippen molar-refractivity contribution in [3.63, 3.8) is 0 Å². The van der Waals surface area contributed by atoms with Crippen LogP contribution in [-0.2, 0) is 9.53 Å². The molecular formula is C10H14N2O2S. The van der Waals surface area contributed by atoms with Gasteiger partial charge in [-0.05, 0) is 6.92 Å². The highest BCUT2D eigenvalue weighted by atomic mass is 32.2. The van der Waals surface area contributed by atoms with Crippen molar-refractivity contribution >= 4 is 17.7 Å². The zero-order chi connectivity index (χ0) is 11.1. The number of ether oxygens (including phenoxy) is 1. The van der Waals surface area contributed by atoms with E-state index in [9.17, 15) is 4.79 Å². The molecule has 0 saturated carbocycles. The van der Waals surface area contributed by atoms with Crippen LogP contribution in [0.2, 0.25) is 0 Å². The molecule has 82 valence electrons. The summed E-state index contributed by atoms with van der Waals surface area (Å²) in [5, 5.41) is 0.982. The minimum Gasteiger partial charge on any atom is -0.466 e. The molecule has 0 aromatic carbocycles. The molecule has 0 saturated heterocycles. The van der Waals surface area contributed by atoms with Crippen LogP contribution >= 0.6 is 11.8 Å². The number of nitrogens with zero attached hydrogens (tertiary/aromatic N) is 2. The first-order valence-electron chi connectivity index (χ1n) is 4.80. The molecule has 0 radical (unpaired) electrons. The molecule has 15 heavy (non-hydrogen) atoms. The molecule has 1 aromatic heterocycles. The Bertz CT molecular complexity index is 306. The number of thioether (sulfide) groups is 1. The SMILES string of the molecule is CCOC(=O)CC(C)Sc1cnccn1. The second kappa shape index (κ2) is 6.40. The van der Waals surface area contributed by atoms with Crippen LogP contribution in [0.3, 0.4) is 0 Å². The van der Waals surface area contributed by atoms with Gasteiger partial charge in [0.15, 0.2) is 0 Å². The maximum atomic E-state index is 11.2. The summed E-state index contributed by atoms with van der Waals surface area (Å²) >= 11 is 1.52. The molecule has 0 N–H and O–H groups in total. The van der Waals surface area contributed by atoms with Crippen LogP contribution in [0.4, 0.5) is 0 Å². The lowest BCUT2D eigenvalue weighted by atomic mass is 10.3. The average molecular weight is 226 g/mol. The molecule has 1 atom stereocenters. The maximum Gasteiger partial charge on any atom is 0.306 e. The summed E-state index contributed by atoms with van der Waals surface area (Å²) in [6, 6.07) is 0. The minimum absolute atomic E-state index is 0.153. The van der Waals surface area contributed by atoms with Crippen LogP contribution in [0.15, 0.2) is 23.6 Å². The van der Waals surface area contributed by atoms with Crippen molar-refractivity contribution in [1.29, 1.82) is 0 Å². The fraction of sp³-hybridized carbons (Fsp3) is 0.500. The van der Waals surface area contributed by atoms with E-state index in [0.717, 1.165) is 5.03 Å². The first-order chi connectivity index (χ1) is 7.22. The molecule has 0 amide bonds. The van der Waals surface area contributed by atoms with Gasteiger partial charge in [0.05, 0.1) is 19.2 Å². The number of hydrogen-bond acceptors (Lipinski definition) is 5. The van der Waals surface area contributed by atoms with Crippen molar-refractivity contribution in [2.24, 2.45) is 0 Å². The second-order valence-electron chi connectivity index (χ2n) is 2.98. The first-order valence-corrected chi connectivity index (χ1v) is 5.68. The molecule has 1 heterocycles. The van der Waals surface area contributed by atoms with Gasteiger partial charge in [-0.1, -0.05) is 6.92 Å². The Morgan fingerprint density at radius 1 is 1.60 bits per heavy atom. The monoisotopic (exact) mass is 226 g/mol. The summed E-state index contributed by atoms with van der Waals surface area (Å²) in [6.45, 7) is 4.20. The molecule has 0 fully saturated rings. The summed E-state index contributed by atoms with van der Waals surface area (Å²) in [7, 11) is 0. The quantitative estimate of drug-likeness (QED) is 0.567. The van der Waals surface area contributed by atoms with Crippen LogP contribution in [0.25, 0.3) is 0 Å². The van der Waals surface area contributed by atoms with Crippen molar-refractivity contribution in [2.75, 3.05) is 6.61 Å². The van der Waals surface area contributed by atoms with Gasteiger partial charge >= 0.3 is 5.97 Å². The normalized spacial score (nSPS) is 12.1. The van der Waals surface area contributed by atoms with Crippen molar-refractivity contribution < 1.29 is 9.53 Å². The van der Waals surface area contributed by atoms with Gasteiger partial charge in [-0.25, -0.2) is 4.98 Å². The van der Waals surface area contributed by atoms with Gasteiger partial charge in [-0.2, -0.15) is 0 Å². The van der Waals surface area contributed by atoms with E-state index >= 15 is 0 Å². The number of esters is 1. The molecule has 1 rings (SSSR count). The van der Waals surface area contributed by atoms with Crippen molar-refractivity contribution in [3.05, 3.63) is 18.6 Å². The van der Waals surface area contributed by atoms with E-state index in [1.807, 2.05) is 6.92 Å². The molecule has 0 spiro atoms. The van der Waals surface area contributed by atoms with Gasteiger partial charge in [0.25, 0.3) is 0 Å². The van der Waals surface area contributed by atoms with E-state index in [-0.39, 0.29) is 11.2 Å². The second-order valence-corrected chi connectivity index (χ2v) is 4.44. The highest BCUT2D eigenvalue weighted by molar-refractivity contribution is 7.99. The van der Waals surface area contributed by atoms with Crippen molar-refractivity contribution in [3.8, 4) is 0 Å². The van der Waals surface area contributed by atoms with E-state index < -0.39 is 0 Å². The predicted octanol–water partition coefficient (Wildman–Crippen LogP) is 1.91. The molecule has 0 aliphatic carbocycles. The lowest BCUT2D eigenvalue weighted by Gasteiger charge is -2.08. The van der Waals surface area contributed by atoms with Crippen molar-refractivity contribution in [2.45, 2.75) is 30.5 Å². The number of carbonyl (C=O) groups is 1. The standard InChI is InChI=1S/C10H14N2O2S/c1-3-14-10(13)6-8(2)15-9-7-11-4-5-12-9/h4-5,7-8H,3,6H2,1-2H3. The Kier molecular flexibility index (Phi) is 5.10. The van der Waals surface area contributed by atoms with Crippen molar-refractivity contribution in [1.82, 2.24) is 9.97 Å². The summed E-state index contributed by atoms with van der Waals surface area (Å²) in [6.07, 6.45) is 5.35.